The molecule has 94 valence electrons. The second-order valence-corrected chi connectivity index (χ2v) is 5.35. The van der Waals surface area contributed by atoms with Crippen LogP contribution in [-0.4, -0.2) is 17.8 Å². The van der Waals surface area contributed by atoms with E-state index in [0.29, 0.717) is 12.5 Å². The van der Waals surface area contributed by atoms with E-state index in [0.717, 1.165) is 24.3 Å². The Hall–Kier alpha value is -0.570. The molecule has 0 spiro atoms. The van der Waals surface area contributed by atoms with E-state index in [1.54, 1.807) is 0 Å². The van der Waals surface area contributed by atoms with E-state index in [2.05, 4.69) is 0 Å². The van der Waals surface area contributed by atoms with Gasteiger partial charge < -0.3 is 10.8 Å². The molecule has 0 saturated heterocycles. The molecular formula is C14H20ClNO. The fourth-order valence-corrected chi connectivity index (χ4v) is 3.00. The van der Waals surface area contributed by atoms with Crippen LogP contribution in [0.5, 0.6) is 0 Å². The average molecular weight is 254 g/mol. The second-order valence-electron chi connectivity index (χ2n) is 4.91. The van der Waals surface area contributed by atoms with Crippen LogP contribution in [0.3, 0.4) is 0 Å². The van der Waals surface area contributed by atoms with Crippen molar-refractivity contribution in [3.8, 4) is 0 Å². The highest BCUT2D eigenvalue weighted by Gasteiger charge is 2.30. The summed E-state index contributed by atoms with van der Waals surface area (Å²) in [6.07, 6.45) is 4.12. The van der Waals surface area contributed by atoms with Gasteiger partial charge in [-0.3, -0.25) is 0 Å². The molecule has 1 aromatic carbocycles. The van der Waals surface area contributed by atoms with E-state index in [4.69, 9.17) is 17.3 Å². The standard InChI is InChI=1S/C14H20ClNO/c15-11-7-5-10(6-8-11)13(9-16)12-3-1-2-4-14(12)17/h5-8,12-14,17H,1-4,9,16H2/t12-,13+,14+/m0/s1. The molecule has 3 N–H and O–H groups in total. The van der Waals surface area contributed by atoms with Crippen LogP contribution in [0.4, 0.5) is 0 Å². The smallest absolute Gasteiger partial charge is 0.0574 e. The van der Waals surface area contributed by atoms with E-state index < -0.39 is 0 Å². The van der Waals surface area contributed by atoms with Crippen LogP contribution in [0.25, 0.3) is 0 Å². The maximum Gasteiger partial charge on any atom is 0.0574 e. The van der Waals surface area contributed by atoms with Gasteiger partial charge in [0.05, 0.1) is 6.10 Å². The number of hydrogen-bond donors (Lipinski definition) is 2. The van der Waals surface area contributed by atoms with Gasteiger partial charge in [0.25, 0.3) is 0 Å². The van der Waals surface area contributed by atoms with Crippen molar-refractivity contribution < 1.29 is 5.11 Å². The summed E-state index contributed by atoms with van der Waals surface area (Å²) in [5.41, 5.74) is 7.09. The summed E-state index contributed by atoms with van der Waals surface area (Å²) < 4.78 is 0. The first-order valence-electron chi connectivity index (χ1n) is 6.36. The fourth-order valence-electron chi connectivity index (χ4n) is 2.88. The first-order valence-corrected chi connectivity index (χ1v) is 6.73. The van der Waals surface area contributed by atoms with Crippen molar-refractivity contribution in [1.82, 2.24) is 0 Å². The normalized spacial score (nSPS) is 26.8. The van der Waals surface area contributed by atoms with Crippen LogP contribution in [0, 0.1) is 5.92 Å². The number of nitrogens with two attached hydrogens (primary N) is 1. The average Bonchev–Trinajstić information content (AvgIpc) is 2.35. The third-order valence-electron chi connectivity index (χ3n) is 3.85. The molecule has 1 fully saturated rings. The van der Waals surface area contributed by atoms with Crippen molar-refractivity contribution in [3.63, 3.8) is 0 Å². The summed E-state index contributed by atoms with van der Waals surface area (Å²) in [6.45, 7) is 0.587. The highest BCUT2D eigenvalue weighted by Crippen LogP contribution is 2.36. The Morgan fingerprint density at radius 1 is 1.24 bits per heavy atom. The van der Waals surface area contributed by atoms with Gasteiger partial charge in [-0.15, -0.1) is 0 Å². The molecule has 0 amide bonds. The van der Waals surface area contributed by atoms with E-state index in [9.17, 15) is 5.11 Å². The van der Waals surface area contributed by atoms with Crippen molar-refractivity contribution in [2.24, 2.45) is 11.7 Å². The lowest BCUT2D eigenvalue weighted by Crippen LogP contribution is -2.33. The maximum absolute atomic E-state index is 10.1. The fraction of sp³-hybridized carbons (Fsp3) is 0.571. The van der Waals surface area contributed by atoms with Gasteiger partial charge in [0.1, 0.15) is 0 Å². The van der Waals surface area contributed by atoms with Gasteiger partial charge in [-0.1, -0.05) is 36.6 Å². The van der Waals surface area contributed by atoms with Crippen LogP contribution < -0.4 is 5.73 Å². The molecule has 0 unspecified atom stereocenters. The highest BCUT2D eigenvalue weighted by atomic mass is 35.5. The number of halogens is 1. The minimum atomic E-state index is -0.201. The quantitative estimate of drug-likeness (QED) is 0.870. The van der Waals surface area contributed by atoms with E-state index in [1.807, 2.05) is 24.3 Å². The Labute approximate surface area is 108 Å². The molecule has 1 aliphatic rings. The van der Waals surface area contributed by atoms with Crippen LogP contribution in [0.15, 0.2) is 24.3 Å². The summed E-state index contributed by atoms with van der Waals surface area (Å²) in [7, 11) is 0. The zero-order valence-corrected chi connectivity index (χ0v) is 10.7. The molecule has 1 saturated carbocycles. The monoisotopic (exact) mass is 253 g/mol. The van der Waals surface area contributed by atoms with Crippen LogP contribution in [-0.2, 0) is 0 Å². The first kappa shape index (κ1) is 12.9. The van der Waals surface area contributed by atoms with Gasteiger partial charge in [0, 0.05) is 10.9 Å². The number of aliphatic hydroxyl groups excluding tert-OH is 1. The Bertz CT molecular complexity index is 352. The molecule has 2 rings (SSSR count). The van der Waals surface area contributed by atoms with Crippen molar-refractivity contribution in [2.45, 2.75) is 37.7 Å². The lowest BCUT2D eigenvalue weighted by molar-refractivity contribution is 0.0561. The van der Waals surface area contributed by atoms with Crippen LogP contribution in [0.1, 0.15) is 37.2 Å². The minimum Gasteiger partial charge on any atom is -0.393 e. The first-order chi connectivity index (χ1) is 8.22. The minimum absolute atomic E-state index is 0.201. The molecule has 2 nitrogen and oxygen atoms in total. The zero-order chi connectivity index (χ0) is 12.3. The van der Waals surface area contributed by atoms with Gasteiger partial charge in [0.2, 0.25) is 0 Å². The molecule has 1 aromatic rings. The van der Waals surface area contributed by atoms with E-state index in [1.165, 1.54) is 12.0 Å². The molecule has 1 aliphatic carbocycles. The lowest BCUT2D eigenvalue weighted by atomic mass is 9.75. The maximum atomic E-state index is 10.1. The van der Waals surface area contributed by atoms with Gasteiger partial charge >= 0.3 is 0 Å². The molecule has 0 radical (unpaired) electrons. The Kier molecular flexibility index (Phi) is 4.43. The third-order valence-corrected chi connectivity index (χ3v) is 4.10. The number of rotatable bonds is 3. The Morgan fingerprint density at radius 3 is 2.47 bits per heavy atom. The predicted molar refractivity (Wildman–Crippen MR) is 71.2 cm³/mol. The second kappa shape index (κ2) is 5.85. The highest BCUT2D eigenvalue weighted by molar-refractivity contribution is 6.30. The number of benzene rings is 1. The van der Waals surface area contributed by atoms with Crippen LogP contribution >= 0.6 is 11.6 Å². The number of hydrogen-bond acceptors (Lipinski definition) is 2. The predicted octanol–water partition coefficient (Wildman–Crippen LogP) is 2.93. The zero-order valence-electron chi connectivity index (χ0n) is 9.98. The summed E-state index contributed by atoms with van der Waals surface area (Å²) in [5, 5.41) is 10.8. The molecule has 3 atom stereocenters. The van der Waals surface area contributed by atoms with E-state index in [-0.39, 0.29) is 12.0 Å². The summed E-state index contributed by atoms with van der Waals surface area (Å²) in [6, 6.07) is 7.85. The number of aliphatic hydroxyl groups is 1. The van der Waals surface area contributed by atoms with Crippen molar-refractivity contribution in [3.05, 3.63) is 34.9 Å². The Morgan fingerprint density at radius 2 is 1.88 bits per heavy atom. The van der Waals surface area contributed by atoms with Crippen molar-refractivity contribution in [2.75, 3.05) is 6.54 Å². The molecular weight excluding hydrogens is 234 g/mol. The molecule has 0 aromatic heterocycles. The van der Waals surface area contributed by atoms with Gasteiger partial charge in [0.15, 0.2) is 0 Å². The van der Waals surface area contributed by atoms with Gasteiger partial charge in [-0.25, -0.2) is 0 Å². The van der Waals surface area contributed by atoms with Crippen LogP contribution in [0.2, 0.25) is 5.02 Å². The molecule has 0 bridgehead atoms. The summed E-state index contributed by atoms with van der Waals surface area (Å²) >= 11 is 5.89. The van der Waals surface area contributed by atoms with Crippen molar-refractivity contribution in [1.29, 1.82) is 0 Å². The largest absolute Gasteiger partial charge is 0.393 e. The van der Waals surface area contributed by atoms with Gasteiger partial charge in [-0.2, -0.15) is 0 Å². The molecule has 0 heterocycles. The van der Waals surface area contributed by atoms with E-state index >= 15 is 0 Å². The molecule has 17 heavy (non-hydrogen) atoms. The molecule has 3 heteroatoms. The SMILES string of the molecule is NC[C@H](c1ccc(Cl)cc1)[C@@H]1CCCC[C@H]1O. The third kappa shape index (κ3) is 3.01. The summed E-state index contributed by atoms with van der Waals surface area (Å²) in [5.74, 6) is 0.553. The summed E-state index contributed by atoms with van der Waals surface area (Å²) in [4.78, 5) is 0. The van der Waals surface area contributed by atoms with Gasteiger partial charge in [-0.05, 0) is 43.0 Å². The Balaban J connectivity index is 2.17. The molecule has 0 aliphatic heterocycles. The topological polar surface area (TPSA) is 46.2 Å². The lowest BCUT2D eigenvalue weighted by Gasteiger charge is -2.34. The van der Waals surface area contributed by atoms with Crippen molar-refractivity contribution >= 4 is 11.6 Å².